The molecule has 1 N–H and O–H groups in total. The van der Waals surface area contributed by atoms with Crippen LogP contribution in [0.15, 0.2) is 56.8 Å². The van der Waals surface area contributed by atoms with Crippen LogP contribution in [0.1, 0.15) is 5.56 Å². The number of halogens is 1. The molecule has 0 atom stereocenters. The van der Waals surface area contributed by atoms with Gasteiger partial charge in [-0.2, -0.15) is 0 Å². The zero-order chi connectivity index (χ0) is 19.2. The highest BCUT2D eigenvalue weighted by Gasteiger charge is 2.23. The van der Waals surface area contributed by atoms with Gasteiger partial charge in [0.15, 0.2) is 5.17 Å². The van der Waals surface area contributed by atoms with Crippen LogP contribution in [0.25, 0.3) is 6.08 Å². The van der Waals surface area contributed by atoms with Gasteiger partial charge in [0.1, 0.15) is 18.1 Å². The second-order valence-corrected chi connectivity index (χ2v) is 7.25. The molecule has 7 heteroatoms. The second kappa shape index (κ2) is 8.80. The summed E-state index contributed by atoms with van der Waals surface area (Å²) in [5, 5.41) is 3.30. The number of nitrogens with one attached hydrogen (secondary N) is 1. The van der Waals surface area contributed by atoms with Gasteiger partial charge in [0.25, 0.3) is 5.91 Å². The largest absolute Gasteiger partial charge is 0.497 e. The summed E-state index contributed by atoms with van der Waals surface area (Å²) in [5.74, 6) is 3.64. The third-order valence-electron chi connectivity index (χ3n) is 3.52. The smallest absolute Gasteiger partial charge is 0.264 e. The molecule has 0 bridgehead atoms. The van der Waals surface area contributed by atoms with E-state index in [4.69, 9.17) is 15.9 Å². The Balaban J connectivity index is 1.75. The van der Waals surface area contributed by atoms with E-state index < -0.39 is 0 Å². The lowest BCUT2D eigenvalue weighted by Gasteiger charge is -2.05. The van der Waals surface area contributed by atoms with E-state index in [9.17, 15) is 4.79 Å². The molecule has 0 saturated carbocycles. The van der Waals surface area contributed by atoms with Crippen LogP contribution >= 0.6 is 27.7 Å². The maximum Gasteiger partial charge on any atom is 0.264 e. The SMILES string of the molecule is C#CCOc1ccc(/C=C2/SC(=Nc3ccc(OC)cc3)NC2=O)cc1Br. The molecule has 2 aromatic rings. The van der Waals surface area contributed by atoms with Crippen LogP contribution in [0.2, 0.25) is 0 Å². The van der Waals surface area contributed by atoms with E-state index >= 15 is 0 Å². The van der Waals surface area contributed by atoms with Crippen LogP contribution in [-0.2, 0) is 4.79 Å². The molecular weight excluding hydrogens is 428 g/mol. The molecule has 0 radical (unpaired) electrons. The van der Waals surface area contributed by atoms with Crippen molar-refractivity contribution >= 4 is 50.5 Å². The number of amidine groups is 1. The lowest BCUT2D eigenvalue weighted by Crippen LogP contribution is -2.19. The van der Waals surface area contributed by atoms with E-state index in [1.807, 2.05) is 36.4 Å². The molecule has 2 aromatic carbocycles. The van der Waals surface area contributed by atoms with Crippen molar-refractivity contribution in [1.82, 2.24) is 5.32 Å². The Morgan fingerprint density at radius 3 is 2.74 bits per heavy atom. The van der Waals surface area contributed by atoms with E-state index in [-0.39, 0.29) is 12.5 Å². The standard InChI is InChI=1S/C20H15BrN2O3S/c1-3-10-26-17-9-4-13(11-16(17)21)12-18-19(24)23-20(27-18)22-14-5-7-15(25-2)8-6-14/h1,4-9,11-12H,10H2,2H3,(H,22,23,24)/b18-12+. The number of aliphatic imine (C=N–C) groups is 1. The number of carbonyl (C=O) groups is 1. The highest BCUT2D eigenvalue weighted by atomic mass is 79.9. The first-order valence-corrected chi connectivity index (χ1v) is 9.49. The van der Waals surface area contributed by atoms with Crippen molar-refractivity contribution < 1.29 is 14.3 Å². The lowest BCUT2D eigenvalue weighted by atomic mass is 10.2. The van der Waals surface area contributed by atoms with Gasteiger partial charge in [-0.1, -0.05) is 12.0 Å². The van der Waals surface area contributed by atoms with Crippen molar-refractivity contribution in [2.75, 3.05) is 13.7 Å². The highest BCUT2D eigenvalue weighted by molar-refractivity contribution is 9.10. The molecule has 0 unspecified atom stereocenters. The van der Waals surface area contributed by atoms with Gasteiger partial charge in [0.05, 0.1) is 22.2 Å². The maximum atomic E-state index is 12.2. The first-order valence-electron chi connectivity index (χ1n) is 7.88. The summed E-state index contributed by atoms with van der Waals surface area (Å²) in [4.78, 5) is 17.2. The van der Waals surface area contributed by atoms with E-state index in [2.05, 4.69) is 32.2 Å². The Morgan fingerprint density at radius 1 is 1.30 bits per heavy atom. The molecule has 0 aliphatic carbocycles. The topological polar surface area (TPSA) is 59.9 Å². The number of methoxy groups -OCH3 is 1. The molecule has 1 fully saturated rings. The van der Waals surface area contributed by atoms with Gasteiger partial charge in [-0.25, -0.2) is 4.99 Å². The van der Waals surface area contributed by atoms with Crippen molar-refractivity contribution in [3.8, 4) is 23.8 Å². The first kappa shape index (κ1) is 19.1. The fourth-order valence-electron chi connectivity index (χ4n) is 2.25. The van der Waals surface area contributed by atoms with Gasteiger partial charge in [-0.3, -0.25) is 4.79 Å². The number of carbonyl (C=O) groups excluding carboxylic acids is 1. The summed E-state index contributed by atoms with van der Waals surface area (Å²) in [7, 11) is 1.61. The predicted molar refractivity (Wildman–Crippen MR) is 112 cm³/mol. The summed E-state index contributed by atoms with van der Waals surface area (Å²) < 4.78 is 11.3. The van der Waals surface area contributed by atoms with Gasteiger partial charge < -0.3 is 14.8 Å². The Hall–Kier alpha value is -2.69. The number of thioether (sulfide) groups is 1. The fourth-order valence-corrected chi connectivity index (χ4v) is 3.60. The summed E-state index contributed by atoms with van der Waals surface area (Å²) in [6, 6.07) is 12.8. The minimum atomic E-state index is -0.184. The molecule has 136 valence electrons. The van der Waals surface area contributed by atoms with Gasteiger partial charge in [0, 0.05) is 0 Å². The number of rotatable bonds is 5. The Labute approximate surface area is 170 Å². The highest BCUT2D eigenvalue weighted by Crippen LogP contribution is 2.31. The molecule has 0 aromatic heterocycles. The molecule has 1 heterocycles. The number of nitrogens with zero attached hydrogens (tertiary/aromatic N) is 1. The normalized spacial score (nSPS) is 16.3. The van der Waals surface area contributed by atoms with E-state index in [0.717, 1.165) is 21.5 Å². The van der Waals surface area contributed by atoms with Crippen molar-refractivity contribution in [2.45, 2.75) is 0 Å². The van der Waals surface area contributed by atoms with Crippen LogP contribution in [0.5, 0.6) is 11.5 Å². The minimum absolute atomic E-state index is 0.184. The second-order valence-electron chi connectivity index (χ2n) is 5.36. The van der Waals surface area contributed by atoms with E-state index in [0.29, 0.717) is 15.8 Å². The number of hydrogen-bond acceptors (Lipinski definition) is 5. The maximum absolute atomic E-state index is 12.2. The van der Waals surface area contributed by atoms with Crippen molar-refractivity contribution in [2.24, 2.45) is 4.99 Å². The van der Waals surface area contributed by atoms with Crippen LogP contribution in [0.4, 0.5) is 5.69 Å². The van der Waals surface area contributed by atoms with Crippen molar-refractivity contribution in [1.29, 1.82) is 0 Å². The Kier molecular flexibility index (Phi) is 6.22. The predicted octanol–water partition coefficient (Wildman–Crippen LogP) is 4.36. The third-order valence-corrected chi connectivity index (χ3v) is 5.05. The van der Waals surface area contributed by atoms with Crippen LogP contribution in [0.3, 0.4) is 0 Å². The average Bonchev–Trinajstić information content (AvgIpc) is 3.00. The third kappa shape index (κ3) is 4.94. The van der Waals surface area contributed by atoms with Gasteiger partial charge in [0.2, 0.25) is 0 Å². The molecule has 3 rings (SSSR count). The summed E-state index contributed by atoms with van der Waals surface area (Å²) >= 11 is 4.73. The van der Waals surface area contributed by atoms with Crippen LogP contribution < -0.4 is 14.8 Å². The van der Waals surface area contributed by atoms with Crippen LogP contribution in [0, 0.1) is 12.3 Å². The molecule has 1 aliphatic rings. The zero-order valence-corrected chi connectivity index (χ0v) is 16.8. The van der Waals surface area contributed by atoms with Crippen molar-refractivity contribution in [3.05, 3.63) is 57.4 Å². The number of ether oxygens (including phenoxy) is 2. The molecule has 1 amide bonds. The van der Waals surface area contributed by atoms with Crippen molar-refractivity contribution in [3.63, 3.8) is 0 Å². The summed E-state index contributed by atoms with van der Waals surface area (Å²) in [6.45, 7) is 0.197. The number of amides is 1. The van der Waals surface area contributed by atoms with Gasteiger partial charge >= 0.3 is 0 Å². The molecule has 0 spiro atoms. The molecule has 1 aliphatic heterocycles. The summed E-state index contributed by atoms with van der Waals surface area (Å²) in [6.07, 6.45) is 7.00. The first-order chi connectivity index (χ1) is 13.1. The minimum Gasteiger partial charge on any atom is -0.497 e. The summed E-state index contributed by atoms with van der Waals surface area (Å²) in [5.41, 5.74) is 1.59. The van der Waals surface area contributed by atoms with E-state index in [1.165, 1.54) is 11.8 Å². The number of benzene rings is 2. The zero-order valence-electron chi connectivity index (χ0n) is 14.4. The molecule has 5 nitrogen and oxygen atoms in total. The lowest BCUT2D eigenvalue weighted by molar-refractivity contribution is -0.115. The number of hydrogen-bond donors (Lipinski definition) is 1. The van der Waals surface area contributed by atoms with E-state index in [1.54, 1.807) is 19.3 Å². The van der Waals surface area contributed by atoms with Gasteiger partial charge in [-0.15, -0.1) is 6.42 Å². The van der Waals surface area contributed by atoms with Gasteiger partial charge in [-0.05, 0) is 75.7 Å². The molecule has 1 saturated heterocycles. The Morgan fingerprint density at radius 2 is 2.07 bits per heavy atom. The van der Waals surface area contributed by atoms with Crippen LogP contribution in [-0.4, -0.2) is 24.8 Å². The Bertz CT molecular complexity index is 962. The quantitative estimate of drug-likeness (QED) is 0.551. The molecule has 27 heavy (non-hydrogen) atoms. The fraction of sp³-hybridized carbons (Fsp3) is 0.100. The number of terminal acetylenes is 1. The average molecular weight is 443 g/mol. The molecular formula is C20H15BrN2O3S. The monoisotopic (exact) mass is 442 g/mol.